The monoisotopic (exact) mass is 186 g/mol. The predicted molar refractivity (Wildman–Crippen MR) is 49.1 cm³/mol. The summed E-state index contributed by atoms with van der Waals surface area (Å²) < 4.78 is 0.692. The lowest BCUT2D eigenvalue weighted by Crippen LogP contribution is -1.96. The van der Waals surface area contributed by atoms with Crippen LogP contribution in [0.5, 0.6) is 0 Å². The van der Waals surface area contributed by atoms with Crippen molar-refractivity contribution in [2.75, 3.05) is 11.9 Å². The highest BCUT2D eigenvalue weighted by molar-refractivity contribution is 7.19. The number of halogens is 1. The van der Waals surface area contributed by atoms with Crippen LogP contribution in [0.25, 0.3) is 0 Å². The van der Waals surface area contributed by atoms with Crippen LogP contribution in [0.3, 0.4) is 0 Å². The van der Waals surface area contributed by atoms with E-state index < -0.39 is 0 Å². The summed E-state index contributed by atoms with van der Waals surface area (Å²) in [6.07, 6.45) is 1.62. The molecule has 1 heterocycles. The summed E-state index contributed by atoms with van der Waals surface area (Å²) in [5.74, 6) is 5.64. The molecule has 0 unspecified atom stereocenters. The fraction of sp³-hybridized carbons (Fsp3) is 0.286. The van der Waals surface area contributed by atoms with Crippen LogP contribution in [-0.2, 0) is 0 Å². The van der Waals surface area contributed by atoms with Crippen molar-refractivity contribution in [3.63, 3.8) is 0 Å². The molecule has 0 aliphatic carbocycles. The standard InChI is InChI=1S/C7H7ClN2S/c1-2-3-4-9-7-10-5-6(8)11-7/h5H,4H2,1H3,(H,9,10). The number of rotatable bonds is 2. The van der Waals surface area contributed by atoms with E-state index in [0.29, 0.717) is 10.9 Å². The first-order chi connectivity index (χ1) is 5.33. The van der Waals surface area contributed by atoms with Gasteiger partial charge in [0, 0.05) is 0 Å². The summed E-state index contributed by atoms with van der Waals surface area (Å²) in [5.41, 5.74) is 0. The van der Waals surface area contributed by atoms with Crippen LogP contribution in [0, 0.1) is 11.8 Å². The van der Waals surface area contributed by atoms with Crippen molar-refractivity contribution in [1.29, 1.82) is 0 Å². The van der Waals surface area contributed by atoms with E-state index in [1.165, 1.54) is 11.3 Å². The van der Waals surface area contributed by atoms with Crippen molar-refractivity contribution in [3.05, 3.63) is 10.5 Å². The molecule has 4 heteroatoms. The summed E-state index contributed by atoms with van der Waals surface area (Å²) in [5, 5.41) is 3.83. The molecule has 2 nitrogen and oxygen atoms in total. The normalized spacial score (nSPS) is 8.55. The summed E-state index contributed by atoms with van der Waals surface area (Å²) in [4.78, 5) is 4.00. The highest BCUT2D eigenvalue weighted by atomic mass is 35.5. The van der Waals surface area contributed by atoms with Crippen molar-refractivity contribution in [3.8, 4) is 11.8 Å². The molecule has 0 radical (unpaired) electrons. The smallest absolute Gasteiger partial charge is 0.184 e. The molecule has 0 saturated carbocycles. The number of thiazole rings is 1. The van der Waals surface area contributed by atoms with Crippen LogP contribution in [0.4, 0.5) is 5.13 Å². The molecule has 1 N–H and O–H groups in total. The molecule has 1 aromatic heterocycles. The van der Waals surface area contributed by atoms with Crippen molar-refractivity contribution < 1.29 is 0 Å². The quantitative estimate of drug-likeness (QED) is 0.717. The Bertz CT molecular complexity index is 284. The van der Waals surface area contributed by atoms with Gasteiger partial charge in [0.1, 0.15) is 4.34 Å². The number of hydrogen-bond acceptors (Lipinski definition) is 3. The lowest BCUT2D eigenvalue weighted by molar-refractivity contribution is 1.31. The molecule has 0 atom stereocenters. The van der Waals surface area contributed by atoms with E-state index in [2.05, 4.69) is 22.1 Å². The molecule has 0 saturated heterocycles. The number of nitrogens with zero attached hydrogens (tertiary/aromatic N) is 1. The van der Waals surface area contributed by atoms with E-state index in [1.807, 2.05) is 0 Å². The second kappa shape index (κ2) is 4.22. The Morgan fingerprint density at radius 1 is 1.82 bits per heavy atom. The maximum Gasteiger partial charge on any atom is 0.184 e. The average molecular weight is 187 g/mol. The molecule has 58 valence electrons. The first-order valence-electron chi connectivity index (χ1n) is 3.07. The maximum atomic E-state index is 5.65. The van der Waals surface area contributed by atoms with Crippen LogP contribution in [0.1, 0.15) is 6.92 Å². The third kappa shape index (κ3) is 2.79. The largest absolute Gasteiger partial charge is 0.351 e. The minimum Gasteiger partial charge on any atom is -0.351 e. The molecule has 0 amide bonds. The minimum absolute atomic E-state index is 0.625. The third-order valence-corrected chi connectivity index (χ3v) is 2.05. The van der Waals surface area contributed by atoms with Crippen molar-refractivity contribution in [2.45, 2.75) is 6.92 Å². The second-order valence-corrected chi connectivity index (χ2v) is 3.41. The molecule has 1 aromatic rings. The number of anilines is 1. The van der Waals surface area contributed by atoms with E-state index in [0.717, 1.165) is 5.13 Å². The van der Waals surface area contributed by atoms with Gasteiger partial charge in [-0.15, -0.1) is 5.92 Å². The summed E-state index contributed by atoms with van der Waals surface area (Å²) in [7, 11) is 0. The maximum absolute atomic E-state index is 5.65. The van der Waals surface area contributed by atoms with E-state index >= 15 is 0 Å². The van der Waals surface area contributed by atoms with Gasteiger partial charge in [0.2, 0.25) is 0 Å². The van der Waals surface area contributed by atoms with Crippen LogP contribution < -0.4 is 5.32 Å². The molecular weight excluding hydrogens is 180 g/mol. The van der Waals surface area contributed by atoms with Crippen molar-refractivity contribution in [2.24, 2.45) is 0 Å². The Kier molecular flexibility index (Phi) is 3.21. The fourth-order valence-electron chi connectivity index (χ4n) is 0.544. The highest BCUT2D eigenvalue weighted by Crippen LogP contribution is 2.21. The van der Waals surface area contributed by atoms with E-state index in [4.69, 9.17) is 11.6 Å². The average Bonchev–Trinajstić information content (AvgIpc) is 2.37. The number of nitrogens with one attached hydrogen (secondary N) is 1. The van der Waals surface area contributed by atoms with E-state index in [-0.39, 0.29) is 0 Å². The zero-order chi connectivity index (χ0) is 8.10. The van der Waals surface area contributed by atoms with Gasteiger partial charge < -0.3 is 5.32 Å². The van der Waals surface area contributed by atoms with Crippen LogP contribution in [0.2, 0.25) is 4.34 Å². The summed E-state index contributed by atoms with van der Waals surface area (Å²) >= 11 is 7.07. The van der Waals surface area contributed by atoms with Gasteiger partial charge in [-0.3, -0.25) is 0 Å². The van der Waals surface area contributed by atoms with Gasteiger partial charge in [0.25, 0.3) is 0 Å². The number of aromatic nitrogens is 1. The van der Waals surface area contributed by atoms with E-state index in [1.54, 1.807) is 13.1 Å². The summed E-state index contributed by atoms with van der Waals surface area (Å²) in [6, 6.07) is 0. The Hall–Kier alpha value is -0.720. The Morgan fingerprint density at radius 3 is 3.18 bits per heavy atom. The Balaban J connectivity index is 2.43. The predicted octanol–water partition coefficient (Wildman–Crippen LogP) is 2.23. The topological polar surface area (TPSA) is 24.9 Å². The molecule has 0 aromatic carbocycles. The van der Waals surface area contributed by atoms with Gasteiger partial charge >= 0.3 is 0 Å². The lowest BCUT2D eigenvalue weighted by atomic mass is 10.6. The first kappa shape index (κ1) is 8.38. The minimum atomic E-state index is 0.625. The van der Waals surface area contributed by atoms with E-state index in [9.17, 15) is 0 Å². The molecule has 0 aliphatic heterocycles. The Labute approximate surface area is 74.6 Å². The molecule has 0 bridgehead atoms. The summed E-state index contributed by atoms with van der Waals surface area (Å²) in [6.45, 7) is 2.43. The molecule has 0 fully saturated rings. The van der Waals surface area contributed by atoms with Crippen LogP contribution in [0.15, 0.2) is 6.20 Å². The lowest BCUT2D eigenvalue weighted by Gasteiger charge is -1.91. The van der Waals surface area contributed by atoms with Gasteiger partial charge in [0.05, 0.1) is 12.7 Å². The molecule has 0 aliphatic rings. The fourth-order valence-corrected chi connectivity index (χ4v) is 1.35. The third-order valence-electron chi connectivity index (χ3n) is 0.982. The van der Waals surface area contributed by atoms with Crippen molar-refractivity contribution in [1.82, 2.24) is 4.98 Å². The van der Waals surface area contributed by atoms with Gasteiger partial charge in [-0.1, -0.05) is 28.9 Å². The molecule has 11 heavy (non-hydrogen) atoms. The SMILES string of the molecule is CC#CCNc1ncc(Cl)s1. The first-order valence-corrected chi connectivity index (χ1v) is 4.27. The molecule has 0 spiro atoms. The molecular formula is C7H7ClN2S. The van der Waals surface area contributed by atoms with Gasteiger partial charge in [-0.05, 0) is 6.92 Å². The van der Waals surface area contributed by atoms with Gasteiger partial charge in [-0.25, -0.2) is 4.98 Å². The van der Waals surface area contributed by atoms with Crippen molar-refractivity contribution >= 4 is 28.1 Å². The zero-order valence-corrected chi connectivity index (χ0v) is 7.59. The highest BCUT2D eigenvalue weighted by Gasteiger charge is 1.95. The van der Waals surface area contributed by atoms with Gasteiger partial charge in [-0.2, -0.15) is 0 Å². The van der Waals surface area contributed by atoms with Crippen LogP contribution >= 0.6 is 22.9 Å². The Morgan fingerprint density at radius 2 is 2.64 bits per heavy atom. The van der Waals surface area contributed by atoms with Crippen LogP contribution in [-0.4, -0.2) is 11.5 Å². The zero-order valence-electron chi connectivity index (χ0n) is 6.02. The van der Waals surface area contributed by atoms with Gasteiger partial charge in [0.15, 0.2) is 5.13 Å². The number of hydrogen-bond donors (Lipinski definition) is 1. The second-order valence-electron chi connectivity index (χ2n) is 1.75. The molecule has 1 rings (SSSR count).